The largest absolute Gasteiger partial charge is 0.399 e. The Morgan fingerprint density at radius 2 is 2.25 bits per heavy atom. The van der Waals surface area contributed by atoms with Crippen molar-refractivity contribution in [1.29, 1.82) is 0 Å². The highest BCUT2D eigenvalue weighted by Gasteiger charge is 2.07. The molecule has 12 heavy (non-hydrogen) atoms. The molecule has 0 aliphatic carbocycles. The monoisotopic (exact) mass is 165 g/mol. The molecule has 0 unspecified atom stereocenters. The van der Waals surface area contributed by atoms with Crippen molar-refractivity contribution >= 4 is 11.5 Å². The number of ketones is 1. The number of rotatable bonds is 2. The lowest BCUT2D eigenvalue weighted by Gasteiger charge is -1.99. The molecule has 1 aromatic carbocycles. The normalized spacial score (nSPS) is 9.42. The molecule has 0 aliphatic rings. The molecule has 0 fully saturated rings. The first-order valence-corrected chi connectivity index (χ1v) is 3.37. The highest BCUT2D eigenvalue weighted by atomic mass is 19.1. The van der Waals surface area contributed by atoms with Gasteiger partial charge >= 0.3 is 0 Å². The van der Waals surface area contributed by atoms with Crippen LogP contribution in [-0.4, -0.2) is 5.78 Å². The van der Waals surface area contributed by atoms with Gasteiger partial charge < -0.3 is 5.73 Å². The minimum absolute atomic E-state index is 0.0370. The Kier molecular flexibility index (Phi) is 2.24. The van der Waals surface area contributed by atoms with E-state index in [0.717, 1.165) is 12.1 Å². The molecule has 62 valence electrons. The first-order valence-electron chi connectivity index (χ1n) is 3.37. The van der Waals surface area contributed by atoms with E-state index in [2.05, 4.69) is 6.58 Å². The Bertz CT molecular complexity index is 333. The predicted molar refractivity (Wildman–Crippen MR) is 45.3 cm³/mol. The van der Waals surface area contributed by atoms with Crippen LogP contribution in [0.5, 0.6) is 0 Å². The highest BCUT2D eigenvalue weighted by molar-refractivity contribution is 6.04. The van der Waals surface area contributed by atoms with Gasteiger partial charge in [0.25, 0.3) is 0 Å². The van der Waals surface area contributed by atoms with Crippen molar-refractivity contribution in [2.24, 2.45) is 0 Å². The smallest absolute Gasteiger partial charge is 0.188 e. The summed E-state index contributed by atoms with van der Waals surface area (Å²) in [4.78, 5) is 11.0. The van der Waals surface area contributed by atoms with Gasteiger partial charge in [0, 0.05) is 5.69 Å². The van der Waals surface area contributed by atoms with Crippen LogP contribution in [0.2, 0.25) is 0 Å². The average Bonchev–Trinajstić information content (AvgIpc) is 2.08. The van der Waals surface area contributed by atoms with Crippen molar-refractivity contribution < 1.29 is 9.18 Å². The van der Waals surface area contributed by atoms with Crippen LogP contribution in [0.15, 0.2) is 30.9 Å². The predicted octanol–water partition coefficient (Wildman–Crippen LogP) is 1.78. The molecule has 2 nitrogen and oxygen atoms in total. The fourth-order valence-electron chi connectivity index (χ4n) is 0.842. The van der Waals surface area contributed by atoms with Crippen LogP contribution in [0.3, 0.4) is 0 Å². The summed E-state index contributed by atoms with van der Waals surface area (Å²) in [6, 6.07) is 3.85. The summed E-state index contributed by atoms with van der Waals surface area (Å²) in [7, 11) is 0. The summed E-state index contributed by atoms with van der Waals surface area (Å²) < 4.78 is 12.9. The van der Waals surface area contributed by atoms with Crippen LogP contribution in [0.1, 0.15) is 10.4 Å². The van der Waals surface area contributed by atoms with Gasteiger partial charge in [0.2, 0.25) is 0 Å². The Hall–Kier alpha value is -1.64. The van der Waals surface area contributed by atoms with Crippen molar-refractivity contribution in [3.05, 3.63) is 42.2 Å². The number of halogens is 1. The Morgan fingerprint density at radius 1 is 1.58 bits per heavy atom. The molecule has 0 heterocycles. The number of carbonyl (C=O) groups excluding carboxylic acids is 1. The maximum absolute atomic E-state index is 12.9. The molecule has 0 spiro atoms. The van der Waals surface area contributed by atoms with Crippen LogP contribution >= 0.6 is 0 Å². The summed E-state index contributed by atoms with van der Waals surface area (Å²) in [6.07, 6.45) is 1.05. The third kappa shape index (κ3) is 1.50. The van der Waals surface area contributed by atoms with E-state index < -0.39 is 11.6 Å². The molecule has 3 heteroatoms. The first kappa shape index (κ1) is 8.46. The van der Waals surface area contributed by atoms with Gasteiger partial charge in [-0.1, -0.05) is 6.58 Å². The molecule has 0 saturated heterocycles. The Morgan fingerprint density at radius 3 is 2.83 bits per heavy atom. The quantitative estimate of drug-likeness (QED) is 0.412. The van der Waals surface area contributed by atoms with Crippen molar-refractivity contribution in [3.8, 4) is 0 Å². The summed E-state index contributed by atoms with van der Waals surface area (Å²) in [5.74, 6) is -1.03. The van der Waals surface area contributed by atoms with E-state index >= 15 is 0 Å². The highest BCUT2D eigenvalue weighted by Crippen LogP contribution is 2.12. The second kappa shape index (κ2) is 3.17. The summed E-state index contributed by atoms with van der Waals surface area (Å²) in [5.41, 5.74) is 5.69. The molecule has 0 aromatic heterocycles. The molecule has 1 aromatic rings. The zero-order valence-electron chi connectivity index (χ0n) is 6.38. The minimum atomic E-state index is -0.575. The maximum Gasteiger partial charge on any atom is 0.188 e. The molecule has 2 N–H and O–H groups in total. The lowest BCUT2D eigenvalue weighted by atomic mass is 10.1. The molecule has 0 radical (unpaired) electrons. The minimum Gasteiger partial charge on any atom is -0.399 e. The van der Waals surface area contributed by atoms with Crippen molar-refractivity contribution in [3.63, 3.8) is 0 Å². The van der Waals surface area contributed by atoms with E-state index in [9.17, 15) is 9.18 Å². The number of nitrogen functional groups attached to an aromatic ring is 1. The fourth-order valence-corrected chi connectivity index (χ4v) is 0.842. The topological polar surface area (TPSA) is 43.1 Å². The van der Waals surface area contributed by atoms with Gasteiger partial charge in [0.05, 0.1) is 5.56 Å². The van der Waals surface area contributed by atoms with Gasteiger partial charge in [-0.25, -0.2) is 4.39 Å². The van der Waals surface area contributed by atoms with Crippen molar-refractivity contribution in [2.75, 3.05) is 5.73 Å². The fraction of sp³-hybridized carbons (Fsp3) is 0. The maximum atomic E-state index is 12.9. The molecule has 0 aliphatic heterocycles. The van der Waals surface area contributed by atoms with Crippen molar-refractivity contribution in [1.82, 2.24) is 0 Å². The number of hydrogen-bond acceptors (Lipinski definition) is 2. The van der Waals surface area contributed by atoms with Gasteiger partial charge in [-0.2, -0.15) is 0 Å². The lowest BCUT2D eigenvalue weighted by Crippen LogP contribution is -1.99. The third-order valence-electron chi connectivity index (χ3n) is 1.44. The second-order valence-electron chi connectivity index (χ2n) is 2.31. The lowest BCUT2D eigenvalue weighted by molar-refractivity contribution is 0.104. The van der Waals surface area contributed by atoms with Gasteiger partial charge in [-0.05, 0) is 24.3 Å². The molecule has 1 rings (SSSR count). The molecule has 0 saturated carbocycles. The van der Waals surface area contributed by atoms with E-state index in [1.807, 2.05) is 0 Å². The molecule has 0 amide bonds. The SMILES string of the molecule is C=CC(=O)c1cc(N)ccc1F. The number of allylic oxidation sites excluding steroid dienone is 1. The van der Waals surface area contributed by atoms with E-state index in [4.69, 9.17) is 5.73 Å². The van der Waals surface area contributed by atoms with Gasteiger partial charge in [-0.3, -0.25) is 4.79 Å². The number of carbonyl (C=O) groups is 1. The number of nitrogens with two attached hydrogens (primary N) is 1. The zero-order valence-corrected chi connectivity index (χ0v) is 6.38. The molecular weight excluding hydrogens is 157 g/mol. The van der Waals surface area contributed by atoms with Crippen LogP contribution in [0, 0.1) is 5.82 Å². The standard InChI is InChI=1S/C9H8FNO/c1-2-9(12)7-5-6(11)3-4-8(7)10/h2-5H,1,11H2. The number of benzene rings is 1. The van der Waals surface area contributed by atoms with Crippen molar-refractivity contribution in [2.45, 2.75) is 0 Å². The third-order valence-corrected chi connectivity index (χ3v) is 1.44. The van der Waals surface area contributed by atoms with Gasteiger partial charge in [0.15, 0.2) is 5.78 Å². The number of anilines is 1. The molecule has 0 bridgehead atoms. The van der Waals surface area contributed by atoms with Crippen LogP contribution in [-0.2, 0) is 0 Å². The number of hydrogen-bond donors (Lipinski definition) is 1. The average molecular weight is 165 g/mol. The zero-order chi connectivity index (χ0) is 9.14. The Labute approximate surface area is 69.5 Å². The van der Waals surface area contributed by atoms with Crippen LogP contribution in [0.4, 0.5) is 10.1 Å². The summed E-state index contributed by atoms with van der Waals surface area (Å²) in [6.45, 7) is 3.25. The van der Waals surface area contributed by atoms with Gasteiger partial charge in [0.1, 0.15) is 5.82 Å². The Balaban J connectivity index is 3.22. The van der Waals surface area contributed by atoms with Crippen LogP contribution in [0.25, 0.3) is 0 Å². The summed E-state index contributed by atoms with van der Waals surface area (Å²) >= 11 is 0. The van der Waals surface area contributed by atoms with E-state index in [1.54, 1.807) is 0 Å². The first-order chi connectivity index (χ1) is 5.65. The molecular formula is C9H8FNO. The molecule has 0 atom stereocenters. The van der Waals surface area contributed by atoms with E-state index in [0.29, 0.717) is 5.69 Å². The van der Waals surface area contributed by atoms with Gasteiger partial charge in [-0.15, -0.1) is 0 Å². The van der Waals surface area contributed by atoms with Crippen LogP contribution < -0.4 is 5.73 Å². The van der Waals surface area contributed by atoms with E-state index in [-0.39, 0.29) is 5.56 Å². The summed E-state index contributed by atoms with van der Waals surface area (Å²) in [5, 5.41) is 0. The second-order valence-corrected chi connectivity index (χ2v) is 2.31. The van der Waals surface area contributed by atoms with E-state index in [1.165, 1.54) is 12.1 Å².